The van der Waals surface area contributed by atoms with Crippen LogP contribution in [0, 0.1) is 0 Å². The molecule has 0 fully saturated rings. The van der Waals surface area contributed by atoms with Gasteiger partial charge in [0.1, 0.15) is 5.69 Å². The molecule has 5 heteroatoms. The van der Waals surface area contributed by atoms with E-state index in [4.69, 9.17) is 5.11 Å². The zero-order valence-corrected chi connectivity index (χ0v) is 12.7. The lowest BCUT2D eigenvalue weighted by Gasteiger charge is -2.10. The summed E-state index contributed by atoms with van der Waals surface area (Å²) in [5.74, 6) is 0.762. The Morgan fingerprint density at radius 1 is 0.826 bits per heavy atom. The normalized spacial score (nSPS) is 10.5. The summed E-state index contributed by atoms with van der Waals surface area (Å²) in [5, 5.41) is 12.5. The number of hydrogen-bond donors (Lipinski definition) is 2. The summed E-state index contributed by atoms with van der Waals surface area (Å²) in [6.45, 7) is 0.808. The smallest absolute Gasteiger partial charge is 0.152 e. The molecule has 0 bridgehead atoms. The van der Waals surface area contributed by atoms with E-state index in [9.17, 15) is 0 Å². The van der Waals surface area contributed by atoms with Gasteiger partial charge in [0.05, 0.1) is 6.61 Å². The lowest BCUT2D eigenvalue weighted by molar-refractivity contribution is 0.282. The summed E-state index contributed by atoms with van der Waals surface area (Å²) >= 11 is 0. The number of benzene rings is 1. The first kappa shape index (κ1) is 15.1. The van der Waals surface area contributed by atoms with Gasteiger partial charge < -0.3 is 10.4 Å². The van der Waals surface area contributed by atoms with E-state index >= 15 is 0 Å². The van der Waals surface area contributed by atoms with Crippen LogP contribution in [0.2, 0.25) is 0 Å². The molecule has 3 rings (SSSR count). The van der Waals surface area contributed by atoms with Crippen molar-refractivity contribution in [2.75, 3.05) is 11.9 Å². The molecule has 0 unspecified atom stereocenters. The quantitative estimate of drug-likeness (QED) is 0.732. The van der Waals surface area contributed by atoms with Crippen molar-refractivity contribution in [2.45, 2.75) is 13.0 Å². The predicted octanol–water partition coefficient (Wildman–Crippen LogP) is 2.69. The van der Waals surface area contributed by atoms with Crippen LogP contribution in [0.25, 0.3) is 11.3 Å². The standard InChI is InChI=1S/C18H18N4O/c23-13-15-1-3-16(4-2-15)17-18(22-12-11-20-17)21-10-7-14-5-8-19-9-6-14/h1-6,8-9,11-12,23H,7,10,13H2,(H,21,22). The number of anilines is 1. The molecule has 0 spiro atoms. The monoisotopic (exact) mass is 306 g/mol. The minimum Gasteiger partial charge on any atom is -0.392 e. The van der Waals surface area contributed by atoms with Gasteiger partial charge in [-0.25, -0.2) is 4.98 Å². The molecule has 0 radical (unpaired) electrons. The predicted molar refractivity (Wildman–Crippen MR) is 89.8 cm³/mol. The van der Waals surface area contributed by atoms with E-state index in [-0.39, 0.29) is 6.61 Å². The van der Waals surface area contributed by atoms with Gasteiger partial charge in [0.25, 0.3) is 0 Å². The lowest BCUT2D eigenvalue weighted by atomic mass is 10.1. The average Bonchev–Trinajstić information content (AvgIpc) is 2.63. The Bertz CT molecular complexity index is 744. The Kier molecular flexibility index (Phi) is 4.91. The van der Waals surface area contributed by atoms with Gasteiger partial charge in [-0.3, -0.25) is 9.97 Å². The molecule has 0 aliphatic heterocycles. The molecule has 0 atom stereocenters. The van der Waals surface area contributed by atoms with Crippen molar-refractivity contribution in [3.8, 4) is 11.3 Å². The van der Waals surface area contributed by atoms with Gasteiger partial charge in [-0.1, -0.05) is 24.3 Å². The van der Waals surface area contributed by atoms with E-state index in [1.165, 1.54) is 5.56 Å². The molecule has 2 heterocycles. The van der Waals surface area contributed by atoms with Crippen LogP contribution in [-0.4, -0.2) is 26.6 Å². The third-order valence-electron chi connectivity index (χ3n) is 3.56. The number of aliphatic hydroxyl groups excluding tert-OH is 1. The van der Waals surface area contributed by atoms with Crippen LogP contribution in [0.4, 0.5) is 5.82 Å². The van der Waals surface area contributed by atoms with Crippen LogP contribution < -0.4 is 5.32 Å². The average molecular weight is 306 g/mol. The molecular weight excluding hydrogens is 288 g/mol. The first-order valence-corrected chi connectivity index (χ1v) is 7.51. The van der Waals surface area contributed by atoms with E-state index in [2.05, 4.69) is 20.3 Å². The zero-order chi connectivity index (χ0) is 15.9. The number of rotatable bonds is 6. The third kappa shape index (κ3) is 3.90. The van der Waals surface area contributed by atoms with Crippen LogP contribution in [0.3, 0.4) is 0 Å². The highest BCUT2D eigenvalue weighted by Crippen LogP contribution is 2.23. The number of pyridine rings is 1. The van der Waals surface area contributed by atoms with Crippen molar-refractivity contribution < 1.29 is 5.11 Å². The SMILES string of the molecule is OCc1ccc(-c2nccnc2NCCc2ccncc2)cc1. The summed E-state index contributed by atoms with van der Waals surface area (Å²) in [6.07, 6.45) is 7.85. The van der Waals surface area contributed by atoms with Gasteiger partial charge >= 0.3 is 0 Å². The summed E-state index contributed by atoms with van der Waals surface area (Å²) in [4.78, 5) is 12.8. The number of nitrogens with one attached hydrogen (secondary N) is 1. The first-order chi connectivity index (χ1) is 11.4. The largest absolute Gasteiger partial charge is 0.392 e. The van der Waals surface area contributed by atoms with Crippen molar-refractivity contribution in [1.82, 2.24) is 15.0 Å². The highest BCUT2D eigenvalue weighted by molar-refractivity contribution is 5.71. The number of aromatic nitrogens is 3. The van der Waals surface area contributed by atoms with Crippen LogP contribution >= 0.6 is 0 Å². The summed E-state index contributed by atoms with van der Waals surface area (Å²) in [6, 6.07) is 11.7. The molecule has 1 aromatic carbocycles. The minimum absolute atomic E-state index is 0.0395. The maximum absolute atomic E-state index is 9.13. The topological polar surface area (TPSA) is 70.9 Å². The summed E-state index contributed by atoms with van der Waals surface area (Å²) in [5.41, 5.74) is 3.89. The molecule has 0 saturated heterocycles. The van der Waals surface area contributed by atoms with Crippen molar-refractivity contribution in [3.05, 3.63) is 72.3 Å². The molecule has 2 aromatic heterocycles. The van der Waals surface area contributed by atoms with E-state index < -0.39 is 0 Å². The van der Waals surface area contributed by atoms with Gasteiger partial charge in [0.2, 0.25) is 0 Å². The van der Waals surface area contributed by atoms with Crippen LogP contribution in [0.15, 0.2) is 61.2 Å². The van der Waals surface area contributed by atoms with Crippen LogP contribution in [0.5, 0.6) is 0 Å². The Balaban J connectivity index is 1.72. The molecule has 3 aromatic rings. The fraction of sp³-hybridized carbons (Fsp3) is 0.167. The van der Waals surface area contributed by atoms with Crippen LogP contribution in [0.1, 0.15) is 11.1 Å². The van der Waals surface area contributed by atoms with E-state index in [0.29, 0.717) is 0 Å². The van der Waals surface area contributed by atoms with Gasteiger partial charge in [-0.05, 0) is 29.7 Å². The third-order valence-corrected chi connectivity index (χ3v) is 3.56. The van der Waals surface area contributed by atoms with E-state index in [0.717, 1.165) is 35.6 Å². The fourth-order valence-corrected chi connectivity index (χ4v) is 2.32. The highest BCUT2D eigenvalue weighted by Gasteiger charge is 2.07. The summed E-state index contributed by atoms with van der Waals surface area (Å²) in [7, 11) is 0. The van der Waals surface area contributed by atoms with Crippen molar-refractivity contribution in [2.24, 2.45) is 0 Å². The maximum Gasteiger partial charge on any atom is 0.152 e. The molecule has 2 N–H and O–H groups in total. The Morgan fingerprint density at radius 3 is 2.30 bits per heavy atom. The summed E-state index contributed by atoms with van der Waals surface area (Å²) < 4.78 is 0. The second-order valence-corrected chi connectivity index (χ2v) is 5.14. The molecule has 0 saturated carbocycles. The Morgan fingerprint density at radius 2 is 1.57 bits per heavy atom. The molecule has 0 aliphatic carbocycles. The van der Waals surface area contributed by atoms with Crippen molar-refractivity contribution >= 4 is 5.82 Å². The number of aliphatic hydroxyl groups is 1. The van der Waals surface area contributed by atoms with Gasteiger partial charge in [-0.15, -0.1) is 0 Å². The second kappa shape index (κ2) is 7.47. The van der Waals surface area contributed by atoms with Crippen molar-refractivity contribution in [1.29, 1.82) is 0 Å². The fourth-order valence-electron chi connectivity index (χ4n) is 2.32. The van der Waals surface area contributed by atoms with E-state index in [1.807, 2.05) is 36.4 Å². The lowest BCUT2D eigenvalue weighted by Crippen LogP contribution is -2.08. The zero-order valence-electron chi connectivity index (χ0n) is 12.7. The molecule has 116 valence electrons. The Labute approximate surface area is 135 Å². The second-order valence-electron chi connectivity index (χ2n) is 5.14. The molecule has 0 amide bonds. The van der Waals surface area contributed by atoms with E-state index in [1.54, 1.807) is 24.8 Å². The molecular formula is C18H18N4O. The Hall–Kier alpha value is -2.79. The van der Waals surface area contributed by atoms with Crippen molar-refractivity contribution in [3.63, 3.8) is 0 Å². The molecule has 23 heavy (non-hydrogen) atoms. The highest BCUT2D eigenvalue weighted by atomic mass is 16.3. The van der Waals surface area contributed by atoms with Gasteiger partial charge in [0.15, 0.2) is 5.82 Å². The maximum atomic E-state index is 9.13. The van der Waals surface area contributed by atoms with Crippen LogP contribution in [-0.2, 0) is 13.0 Å². The number of nitrogens with zero attached hydrogens (tertiary/aromatic N) is 3. The molecule has 0 aliphatic rings. The van der Waals surface area contributed by atoms with Gasteiger partial charge in [-0.2, -0.15) is 0 Å². The minimum atomic E-state index is 0.0395. The number of hydrogen-bond acceptors (Lipinski definition) is 5. The molecule has 5 nitrogen and oxygen atoms in total. The van der Waals surface area contributed by atoms with Gasteiger partial charge in [0, 0.05) is 36.9 Å². The first-order valence-electron chi connectivity index (χ1n) is 7.51.